The molecule has 0 unspecified atom stereocenters. The van der Waals surface area contributed by atoms with Gasteiger partial charge in [-0.15, -0.1) is 0 Å². The van der Waals surface area contributed by atoms with Gasteiger partial charge >= 0.3 is 5.95 Å². The molecule has 0 aliphatic carbocycles. The van der Waals surface area contributed by atoms with Crippen molar-refractivity contribution in [1.29, 1.82) is 0 Å². The molecule has 30 heavy (non-hydrogen) atoms. The minimum absolute atomic E-state index is 0.802. The second-order valence-electron chi connectivity index (χ2n) is 6.85. The van der Waals surface area contributed by atoms with Crippen molar-refractivity contribution in [3.63, 3.8) is 0 Å². The zero-order valence-corrected chi connectivity index (χ0v) is 19.3. The van der Waals surface area contributed by atoms with Crippen molar-refractivity contribution in [3.05, 3.63) is 66.5 Å². The van der Waals surface area contributed by atoms with Gasteiger partial charge in [-0.2, -0.15) is 0 Å². The Morgan fingerprint density at radius 1 is 0.900 bits per heavy atom. The molecule has 0 aliphatic rings. The average molecular weight is 442 g/mol. The Balaban J connectivity index is 1.38. The molecule has 2 aromatic carbocycles. The number of azo groups is 1. The van der Waals surface area contributed by atoms with Crippen molar-refractivity contribution in [2.24, 2.45) is 24.3 Å². The molecule has 0 saturated heterocycles. The van der Waals surface area contributed by atoms with E-state index in [0.717, 1.165) is 41.9 Å². The summed E-state index contributed by atoms with van der Waals surface area (Å²) < 4.78 is 3.89. The third-order valence-corrected chi connectivity index (χ3v) is 6.93. The number of nitrogens with one attached hydrogen (secondary N) is 2. The number of nitrogens with zero attached hydrogens (tertiary/aromatic N) is 4. The number of aryl methyl sites for hydroxylation is 3. The quantitative estimate of drug-likeness (QED) is 0.179. The fourth-order valence-electron chi connectivity index (χ4n) is 2.88. The number of rotatable bonds is 11. The molecule has 158 valence electrons. The molecule has 1 heterocycles. The predicted octanol–water partition coefficient (Wildman–Crippen LogP) is 5.48. The van der Waals surface area contributed by atoms with E-state index in [1.165, 1.54) is 11.3 Å². The van der Waals surface area contributed by atoms with E-state index in [-0.39, 0.29) is 0 Å². The highest BCUT2D eigenvalue weighted by molar-refractivity contribution is 8.76. The number of para-hydroxylation sites is 2. The van der Waals surface area contributed by atoms with Crippen LogP contribution in [-0.4, -0.2) is 29.2 Å². The zero-order chi connectivity index (χ0) is 21.2. The van der Waals surface area contributed by atoms with Crippen LogP contribution in [0.5, 0.6) is 0 Å². The number of imidazole rings is 1. The van der Waals surface area contributed by atoms with E-state index >= 15 is 0 Å². The molecule has 0 bridgehead atoms. The van der Waals surface area contributed by atoms with E-state index in [2.05, 4.69) is 52.1 Å². The van der Waals surface area contributed by atoms with Crippen LogP contribution in [0, 0.1) is 6.92 Å². The molecular weight excluding hydrogens is 412 g/mol. The van der Waals surface area contributed by atoms with Crippen LogP contribution >= 0.6 is 21.6 Å². The highest BCUT2D eigenvalue weighted by Gasteiger charge is 2.11. The summed E-state index contributed by atoms with van der Waals surface area (Å²) in [5, 5.41) is 15.8. The standard InChI is InChI=1S/C22H28N6S2/c1-18-8-4-5-9-19(18)23-12-16-29-30-17-13-24-20-10-6-7-11-21(20)25-26-22-27(2)14-15-28(22)3/h4-11,14-15,23H,12-13,16-17H2,1-3H3/p+1. The van der Waals surface area contributed by atoms with Crippen LogP contribution in [0.2, 0.25) is 0 Å². The van der Waals surface area contributed by atoms with Gasteiger partial charge < -0.3 is 10.6 Å². The predicted molar refractivity (Wildman–Crippen MR) is 130 cm³/mol. The first-order valence-electron chi connectivity index (χ1n) is 9.94. The molecule has 0 saturated carbocycles. The average Bonchev–Trinajstić information content (AvgIpc) is 3.07. The molecule has 2 N–H and O–H groups in total. The van der Waals surface area contributed by atoms with Crippen molar-refractivity contribution >= 4 is 44.6 Å². The van der Waals surface area contributed by atoms with Gasteiger partial charge in [-0.1, -0.05) is 57.0 Å². The molecule has 1 aromatic heterocycles. The maximum atomic E-state index is 4.45. The molecule has 0 fully saturated rings. The summed E-state index contributed by atoms with van der Waals surface area (Å²) in [6.07, 6.45) is 3.92. The number of anilines is 2. The van der Waals surface area contributed by atoms with Crippen molar-refractivity contribution in [2.45, 2.75) is 6.92 Å². The summed E-state index contributed by atoms with van der Waals surface area (Å²) in [6.45, 7) is 3.98. The monoisotopic (exact) mass is 441 g/mol. The van der Waals surface area contributed by atoms with Crippen LogP contribution in [0.1, 0.15) is 5.56 Å². The van der Waals surface area contributed by atoms with Crippen LogP contribution in [-0.2, 0) is 14.1 Å². The lowest BCUT2D eigenvalue weighted by Gasteiger charge is -2.09. The van der Waals surface area contributed by atoms with E-state index in [9.17, 15) is 0 Å². The van der Waals surface area contributed by atoms with Crippen molar-refractivity contribution in [1.82, 2.24) is 4.57 Å². The van der Waals surface area contributed by atoms with Crippen LogP contribution in [0.3, 0.4) is 0 Å². The van der Waals surface area contributed by atoms with Gasteiger partial charge in [0.1, 0.15) is 5.69 Å². The van der Waals surface area contributed by atoms with Gasteiger partial charge in [0.05, 0.1) is 32.2 Å². The summed E-state index contributed by atoms with van der Waals surface area (Å²) in [7, 11) is 7.71. The van der Waals surface area contributed by atoms with Gasteiger partial charge in [0, 0.05) is 35.4 Å². The minimum Gasteiger partial charge on any atom is -0.384 e. The molecule has 3 aromatic rings. The fourth-order valence-corrected chi connectivity index (χ4v) is 4.69. The number of hydrogen-bond acceptors (Lipinski definition) is 6. The summed E-state index contributed by atoms with van der Waals surface area (Å²) in [5.41, 5.74) is 4.36. The first-order valence-corrected chi connectivity index (χ1v) is 12.4. The normalized spacial score (nSPS) is 11.2. The van der Waals surface area contributed by atoms with Crippen LogP contribution in [0.4, 0.5) is 23.0 Å². The highest BCUT2D eigenvalue weighted by atomic mass is 33.1. The first kappa shape index (κ1) is 22.2. The SMILES string of the molecule is Cc1ccccc1NCCSSCCNc1ccccc1N=Nc1n(C)cc[n+]1C. The Morgan fingerprint density at radius 3 is 2.20 bits per heavy atom. The maximum Gasteiger partial charge on any atom is 0.421 e. The van der Waals surface area contributed by atoms with Crippen LogP contribution in [0.15, 0.2) is 71.2 Å². The lowest BCUT2D eigenvalue weighted by Crippen LogP contribution is -2.25. The van der Waals surface area contributed by atoms with Crippen molar-refractivity contribution in [3.8, 4) is 0 Å². The fraction of sp³-hybridized carbons (Fsp3) is 0.318. The number of hydrogen-bond donors (Lipinski definition) is 2. The third-order valence-electron chi connectivity index (χ3n) is 4.53. The molecule has 0 radical (unpaired) electrons. The smallest absolute Gasteiger partial charge is 0.384 e. The molecular formula is C22H29N6S2+. The van der Waals surface area contributed by atoms with E-state index in [0.29, 0.717) is 0 Å². The lowest BCUT2D eigenvalue weighted by atomic mass is 10.2. The molecule has 0 atom stereocenters. The summed E-state index contributed by atoms with van der Waals surface area (Å²) in [6, 6.07) is 16.4. The minimum atomic E-state index is 0.802. The van der Waals surface area contributed by atoms with Gasteiger partial charge in [0.15, 0.2) is 0 Å². The van der Waals surface area contributed by atoms with Crippen LogP contribution in [0.25, 0.3) is 0 Å². The number of aromatic nitrogens is 2. The van der Waals surface area contributed by atoms with Crippen molar-refractivity contribution in [2.75, 3.05) is 35.2 Å². The molecule has 8 heteroatoms. The lowest BCUT2D eigenvalue weighted by molar-refractivity contribution is -0.657. The molecule has 0 aliphatic heterocycles. The third kappa shape index (κ3) is 6.53. The topological polar surface area (TPSA) is 57.6 Å². The van der Waals surface area contributed by atoms with Gasteiger partial charge in [-0.05, 0) is 30.7 Å². The second-order valence-corrected chi connectivity index (χ2v) is 9.55. The van der Waals surface area contributed by atoms with E-state index in [4.69, 9.17) is 0 Å². The van der Waals surface area contributed by atoms with Gasteiger partial charge in [-0.3, -0.25) is 0 Å². The Labute approximate surface area is 186 Å². The highest BCUT2D eigenvalue weighted by Crippen LogP contribution is 2.27. The van der Waals surface area contributed by atoms with Gasteiger partial charge in [0.25, 0.3) is 0 Å². The first-order chi connectivity index (χ1) is 14.6. The summed E-state index contributed by atoms with van der Waals surface area (Å²) in [5.74, 6) is 2.89. The number of benzene rings is 2. The molecule has 3 rings (SSSR count). The maximum absolute atomic E-state index is 4.45. The van der Waals surface area contributed by atoms with E-state index in [1.54, 1.807) is 0 Å². The van der Waals surface area contributed by atoms with Gasteiger partial charge in [0.2, 0.25) is 0 Å². The Bertz CT molecular complexity index is 950. The Morgan fingerprint density at radius 2 is 1.53 bits per heavy atom. The van der Waals surface area contributed by atoms with Gasteiger partial charge in [-0.25, -0.2) is 9.13 Å². The molecule has 0 amide bonds. The van der Waals surface area contributed by atoms with E-state index < -0.39 is 0 Å². The second kappa shape index (κ2) is 11.7. The molecule has 6 nitrogen and oxygen atoms in total. The zero-order valence-electron chi connectivity index (χ0n) is 17.7. The summed E-state index contributed by atoms with van der Waals surface area (Å²) >= 11 is 0. The molecule has 0 spiro atoms. The largest absolute Gasteiger partial charge is 0.421 e. The van der Waals surface area contributed by atoms with Crippen molar-refractivity contribution < 1.29 is 4.57 Å². The Hall–Kier alpha value is -2.45. The Kier molecular flexibility index (Phi) is 8.65. The van der Waals surface area contributed by atoms with Crippen LogP contribution < -0.4 is 15.2 Å². The van der Waals surface area contributed by atoms with E-state index in [1.807, 2.05) is 81.5 Å². The summed E-state index contributed by atoms with van der Waals surface area (Å²) in [4.78, 5) is 0.